The summed E-state index contributed by atoms with van der Waals surface area (Å²) in [5, 5.41) is 8.56. The van der Waals surface area contributed by atoms with Crippen molar-refractivity contribution in [2.75, 3.05) is 7.11 Å². The number of methoxy groups -OCH3 is 1. The average Bonchev–Trinajstić information content (AvgIpc) is 3.12. The molecule has 1 atom stereocenters. The molecule has 3 aromatic rings. The fourth-order valence-electron chi connectivity index (χ4n) is 3.18. The average molecular weight is 460 g/mol. The van der Waals surface area contributed by atoms with Crippen LogP contribution >= 0.6 is 0 Å². The van der Waals surface area contributed by atoms with Crippen molar-refractivity contribution in [3.05, 3.63) is 32.7 Å². The van der Waals surface area contributed by atoms with Gasteiger partial charge in [0.05, 0.1) is 30.2 Å². The predicted molar refractivity (Wildman–Crippen MR) is 121 cm³/mol. The molecule has 0 aliphatic rings. The van der Waals surface area contributed by atoms with E-state index in [1.165, 1.54) is 19.2 Å². The normalized spacial score (nSPS) is 12.5. The van der Waals surface area contributed by atoms with E-state index < -0.39 is 23.4 Å². The molecule has 0 radical (unpaired) electrons. The van der Waals surface area contributed by atoms with E-state index in [0.29, 0.717) is 11.5 Å². The van der Waals surface area contributed by atoms with E-state index >= 15 is 0 Å². The number of hydrogen-bond donors (Lipinski definition) is 1. The topological polar surface area (TPSA) is 135 Å². The standard InChI is InChI=1S/C22H28N4O7/c1-10(2)21(33-22(29)32-12(5)6)26-24-17-18(25-26)20(28)23-14-9-15(30-7)16(31-11(3)4)8-13(14)19(17)27/h8-12,21H,1-7H3,(H,23,28). The summed E-state index contributed by atoms with van der Waals surface area (Å²) in [6.07, 6.45) is -2.44. The maximum absolute atomic E-state index is 13.3. The molecule has 0 amide bonds. The third kappa shape index (κ3) is 5.07. The Labute approximate surface area is 189 Å². The van der Waals surface area contributed by atoms with Crippen LogP contribution in [0.5, 0.6) is 11.5 Å². The van der Waals surface area contributed by atoms with Gasteiger partial charge in [0.25, 0.3) is 5.56 Å². The van der Waals surface area contributed by atoms with Crippen LogP contribution in [-0.4, -0.2) is 45.5 Å². The minimum atomic E-state index is -0.987. The molecule has 0 aliphatic heterocycles. The fourth-order valence-corrected chi connectivity index (χ4v) is 3.18. The Kier molecular flexibility index (Phi) is 6.89. The second kappa shape index (κ2) is 9.47. The summed E-state index contributed by atoms with van der Waals surface area (Å²) in [6, 6.07) is 3.02. The smallest absolute Gasteiger partial charge is 0.493 e. The van der Waals surface area contributed by atoms with E-state index in [9.17, 15) is 14.4 Å². The molecular weight excluding hydrogens is 432 g/mol. The third-order valence-corrected chi connectivity index (χ3v) is 4.57. The number of aromatic nitrogens is 4. The first-order chi connectivity index (χ1) is 15.5. The highest BCUT2D eigenvalue weighted by Crippen LogP contribution is 2.31. The van der Waals surface area contributed by atoms with Gasteiger partial charge in [0, 0.05) is 12.0 Å². The second-order valence-electron chi connectivity index (χ2n) is 8.39. The second-order valence-corrected chi connectivity index (χ2v) is 8.39. The molecule has 0 fully saturated rings. The summed E-state index contributed by atoms with van der Waals surface area (Å²) in [5.41, 5.74) is -1.27. The van der Waals surface area contributed by atoms with E-state index in [4.69, 9.17) is 18.9 Å². The number of nitrogens with zero attached hydrogens (tertiary/aromatic N) is 3. The Bertz CT molecular complexity index is 1290. The highest BCUT2D eigenvalue weighted by atomic mass is 16.7. The summed E-state index contributed by atoms with van der Waals surface area (Å²) < 4.78 is 21.5. The van der Waals surface area contributed by atoms with Gasteiger partial charge in [-0.25, -0.2) is 4.79 Å². The lowest BCUT2D eigenvalue weighted by molar-refractivity contribution is -0.0463. The zero-order valence-corrected chi connectivity index (χ0v) is 19.7. The van der Waals surface area contributed by atoms with E-state index in [2.05, 4.69) is 15.2 Å². The van der Waals surface area contributed by atoms with Crippen molar-refractivity contribution in [2.45, 2.75) is 60.0 Å². The number of carbonyl (C=O) groups excluding carboxylic acids is 1. The van der Waals surface area contributed by atoms with Crippen LogP contribution in [0.3, 0.4) is 0 Å². The van der Waals surface area contributed by atoms with E-state index in [-0.39, 0.29) is 40.1 Å². The molecule has 1 aromatic carbocycles. The van der Waals surface area contributed by atoms with Crippen LogP contribution in [0.1, 0.15) is 47.8 Å². The minimum Gasteiger partial charge on any atom is -0.493 e. The van der Waals surface area contributed by atoms with Gasteiger partial charge in [0.15, 0.2) is 22.5 Å². The number of hydrogen-bond acceptors (Lipinski definition) is 9. The monoisotopic (exact) mass is 460 g/mol. The highest BCUT2D eigenvalue weighted by Gasteiger charge is 2.26. The summed E-state index contributed by atoms with van der Waals surface area (Å²) >= 11 is 0. The summed E-state index contributed by atoms with van der Waals surface area (Å²) in [4.78, 5) is 42.0. The van der Waals surface area contributed by atoms with Crippen LogP contribution in [-0.2, 0) is 9.47 Å². The lowest BCUT2D eigenvalue weighted by atomic mass is 10.2. The highest BCUT2D eigenvalue weighted by molar-refractivity contribution is 5.88. The molecule has 33 heavy (non-hydrogen) atoms. The molecule has 178 valence electrons. The number of aromatic amines is 1. The lowest BCUT2D eigenvalue weighted by Crippen LogP contribution is -2.26. The van der Waals surface area contributed by atoms with Crippen molar-refractivity contribution in [2.24, 2.45) is 5.92 Å². The van der Waals surface area contributed by atoms with Crippen LogP contribution in [0.2, 0.25) is 0 Å². The SMILES string of the molecule is COc1cc2[nH]c(=O)c3nn(C(OC(=O)OC(C)C)C(C)C)nc3c(=O)c2cc1OC(C)C. The van der Waals surface area contributed by atoms with Crippen molar-refractivity contribution in [3.8, 4) is 11.5 Å². The zero-order valence-electron chi connectivity index (χ0n) is 19.7. The van der Waals surface area contributed by atoms with Crippen LogP contribution < -0.4 is 20.5 Å². The van der Waals surface area contributed by atoms with Crippen LogP contribution in [0, 0.1) is 5.92 Å². The number of nitrogens with one attached hydrogen (secondary N) is 1. The van der Waals surface area contributed by atoms with Gasteiger partial charge >= 0.3 is 6.16 Å². The van der Waals surface area contributed by atoms with Crippen LogP contribution in [0.4, 0.5) is 4.79 Å². The lowest BCUT2D eigenvalue weighted by Gasteiger charge is -2.20. The summed E-state index contributed by atoms with van der Waals surface area (Å²) in [5.74, 6) is 0.441. The molecule has 1 unspecified atom stereocenters. The summed E-state index contributed by atoms with van der Waals surface area (Å²) in [6.45, 7) is 10.6. The number of carbonyl (C=O) groups is 1. The molecule has 11 heteroatoms. The molecule has 2 aromatic heterocycles. The molecule has 0 saturated heterocycles. The van der Waals surface area contributed by atoms with Gasteiger partial charge in [-0.15, -0.1) is 15.0 Å². The first-order valence-corrected chi connectivity index (χ1v) is 10.6. The van der Waals surface area contributed by atoms with Crippen molar-refractivity contribution in [3.63, 3.8) is 0 Å². The van der Waals surface area contributed by atoms with Crippen molar-refractivity contribution in [1.82, 2.24) is 20.0 Å². The Balaban J connectivity index is 2.21. The van der Waals surface area contributed by atoms with E-state index in [0.717, 1.165) is 4.80 Å². The molecule has 2 heterocycles. The number of benzene rings is 1. The van der Waals surface area contributed by atoms with Gasteiger partial charge in [-0.05, 0) is 33.8 Å². The van der Waals surface area contributed by atoms with Gasteiger partial charge in [-0.3, -0.25) is 9.59 Å². The number of rotatable bonds is 7. The Morgan fingerprint density at radius 2 is 1.61 bits per heavy atom. The molecule has 3 rings (SSSR count). The van der Waals surface area contributed by atoms with Crippen LogP contribution in [0.25, 0.3) is 21.9 Å². The fraction of sp³-hybridized carbons (Fsp3) is 0.500. The van der Waals surface area contributed by atoms with E-state index in [1.807, 2.05) is 13.8 Å². The predicted octanol–water partition coefficient (Wildman–Crippen LogP) is 3.15. The third-order valence-electron chi connectivity index (χ3n) is 4.57. The Morgan fingerprint density at radius 3 is 2.18 bits per heavy atom. The molecule has 0 spiro atoms. The van der Waals surface area contributed by atoms with E-state index in [1.54, 1.807) is 27.7 Å². The summed E-state index contributed by atoms with van der Waals surface area (Å²) in [7, 11) is 1.46. The first kappa shape index (κ1) is 24.0. The van der Waals surface area contributed by atoms with Gasteiger partial charge in [-0.1, -0.05) is 13.8 Å². The molecule has 0 saturated carbocycles. The van der Waals surface area contributed by atoms with Gasteiger partial charge in [0.1, 0.15) is 0 Å². The van der Waals surface area contributed by atoms with Gasteiger partial charge < -0.3 is 23.9 Å². The molecule has 11 nitrogen and oxygen atoms in total. The maximum Gasteiger partial charge on any atom is 0.510 e. The largest absolute Gasteiger partial charge is 0.510 e. The molecular formula is C22H28N4O7. The maximum atomic E-state index is 13.3. The number of H-pyrrole nitrogens is 1. The van der Waals surface area contributed by atoms with Gasteiger partial charge in [0.2, 0.25) is 11.7 Å². The molecule has 0 aliphatic carbocycles. The van der Waals surface area contributed by atoms with Crippen molar-refractivity contribution in [1.29, 1.82) is 0 Å². The first-order valence-electron chi connectivity index (χ1n) is 10.6. The van der Waals surface area contributed by atoms with Crippen molar-refractivity contribution < 1.29 is 23.7 Å². The van der Waals surface area contributed by atoms with Crippen molar-refractivity contribution >= 4 is 28.1 Å². The van der Waals surface area contributed by atoms with Crippen LogP contribution in [0.15, 0.2) is 21.7 Å². The number of fused-ring (bicyclic) bond motifs is 2. The quantitative estimate of drug-likeness (QED) is 0.528. The molecule has 1 N–H and O–H groups in total. The zero-order chi connectivity index (χ0) is 24.4. The Morgan fingerprint density at radius 1 is 0.939 bits per heavy atom. The Hall–Kier alpha value is -3.63. The molecule has 0 bridgehead atoms. The number of ether oxygens (including phenoxy) is 4. The minimum absolute atomic E-state index is 0.168. The van der Waals surface area contributed by atoms with Gasteiger partial charge in [-0.2, -0.15) is 0 Å².